The maximum atomic E-state index is 12.6. The summed E-state index contributed by atoms with van der Waals surface area (Å²) in [5.74, 6) is 0.436. The second kappa shape index (κ2) is 12.1. The van der Waals surface area contributed by atoms with Crippen molar-refractivity contribution in [3.63, 3.8) is 0 Å². The molecule has 3 rings (SSSR count). The fourth-order valence-electron chi connectivity index (χ4n) is 3.41. The molecule has 0 fully saturated rings. The third-order valence-electron chi connectivity index (χ3n) is 5.04. The van der Waals surface area contributed by atoms with Gasteiger partial charge in [0.05, 0.1) is 13.2 Å². The van der Waals surface area contributed by atoms with Crippen LogP contribution >= 0.6 is 0 Å². The van der Waals surface area contributed by atoms with E-state index < -0.39 is 0 Å². The summed E-state index contributed by atoms with van der Waals surface area (Å²) in [5, 5.41) is 14.6. The Bertz CT molecular complexity index is 884. The summed E-state index contributed by atoms with van der Waals surface area (Å²) in [5.41, 5.74) is 3.00. The van der Waals surface area contributed by atoms with Crippen molar-refractivity contribution in [1.29, 1.82) is 0 Å². The van der Waals surface area contributed by atoms with Gasteiger partial charge in [-0.2, -0.15) is 0 Å². The van der Waals surface area contributed by atoms with Gasteiger partial charge in [-0.25, -0.2) is 0 Å². The zero-order valence-electron chi connectivity index (χ0n) is 17.7. The topological polar surface area (TPSA) is 96.9 Å². The smallest absolute Gasteiger partial charge is 0.251 e. The first-order chi connectivity index (χ1) is 15.2. The van der Waals surface area contributed by atoms with Crippen molar-refractivity contribution in [2.45, 2.75) is 25.7 Å². The Balaban J connectivity index is 1.78. The Hall–Kier alpha value is -2.90. The lowest BCUT2D eigenvalue weighted by Crippen LogP contribution is -2.28. The molecule has 7 heteroatoms. The molecule has 1 aliphatic rings. The summed E-state index contributed by atoms with van der Waals surface area (Å²) in [4.78, 5) is 24.9. The van der Waals surface area contributed by atoms with Crippen molar-refractivity contribution in [3.05, 3.63) is 64.7 Å². The van der Waals surface area contributed by atoms with Gasteiger partial charge in [0.15, 0.2) is 0 Å². The van der Waals surface area contributed by atoms with Gasteiger partial charge in [-0.3, -0.25) is 9.59 Å². The number of unbranched alkanes of at least 4 members (excludes halogenated alkanes) is 2. The van der Waals surface area contributed by atoms with E-state index in [9.17, 15) is 9.59 Å². The molecule has 7 nitrogen and oxygen atoms in total. The van der Waals surface area contributed by atoms with Crippen molar-refractivity contribution < 1.29 is 24.2 Å². The third-order valence-corrected chi connectivity index (χ3v) is 5.04. The van der Waals surface area contributed by atoms with E-state index in [0.717, 1.165) is 30.4 Å². The molecule has 0 radical (unpaired) electrons. The minimum absolute atomic E-state index is 0.131. The summed E-state index contributed by atoms with van der Waals surface area (Å²) in [6.07, 6.45) is 2.98. The fourth-order valence-corrected chi connectivity index (χ4v) is 3.41. The molecule has 0 unspecified atom stereocenters. The Labute approximate surface area is 182 Å². The van der Waals surface area contributed by atoms with Gasteiger partial charge in [0.1, 0.15) is 12.4 Å². The Kier molecular flexibility index (Phi) is 8.87. The lowest BCUT2D eigenvalue weighted by Gasteiger charge is -2.15. The number of carbonyl (C=O) groups is 2. The number of hydrogen-bond donors (Lipinski definition) is 3. The quantitative estimate of drug-likeness (QED) is 0.616. The average Bonchev–Trinajstić information content (AvgIpc) is 2.78. The molecule has 1 heterocycles. The van der Waals surface area contributed by atoms with Crippen LogP contribution in [0.1, 0.15) is 51.1 Å². The molecule has 2 bridgehead atoms. The van der Waals surface area contributed by atoms with Crippen LogP contribution in [0.4, 0.5) is 0 Å². The normalized spacial score (nSPS) is 14.5. The van der Waals surface area contributed by atoms with Crippen LogP contribution in [0.2, 0.25) is 0 Å². The summed E-state index contributed by atoms with van der Waals surface area (Å²) in [7, 11) is 0. The van der Waals surface area contributed by atoms with Gasteiger partial charge in [-0.1, -0.05) is 12.1 Å². The molecule has 2 aromatic carbocycles. The van der Waals surface area contributed by atoms with E-state index in [2.05, 4.69) is 10.6 Å². The van der Waals surface area contributed by atoms with Gasteiger partial charge in [0.2, 0.25) is 0 Å². The maximum Gasteiger partial charge on any atom is 0.251 e. The molecular formula is C24H30N2O5. The number of benzene rings is 2. The van der Waals surface area contributed by atoms with Gasteiger partial charge >= 0.3 is 0 Å². The molecule has 0 spiro atoms. The lowest BCUT2D eigenvalue weighted by atomic mass is 9.99. The number of amides is 2. The number of aliphatic hydroxyl groups excluding tert-OH is 1. The minimum Gasteiger partial charge on any atom is -0.491 e. The fraction of sp³-hybridized carbons (Fsp3) is 0.417. The van der Waals surface area contributed by atoms with Crippen molar-refractivity contribution in [2.75, 3.05) is 39.5 Å². The average molecular weight is 427 g/mol. The second-order valence-corrected chi connectivity index (χ2v) is 7.46. The van der Waals surface area contributed by atoms with E-state index in [1.54, 1.807) is 12.1 Å². The highest BCUT2D eigenvalue weighted by atomic mass is 16.5. The van der Waals surface area contributed by atoms with E-state index in [4.69, 9.17) is 14.6 Å². The number of fused-ring (bicyclic) bond motifs is 3. The van der Waals surface area contributed by atoms with Crippen LogP contribution < -0.4 is 15.4 Å². The van der Waals surface area contributed by atoms with Crippen molar-refractivity contribution >= 4 is 11.8 Å². The summed E-state index contributed by atoms with van der Waals surface area (Å²) >= 11 is 0. The molecule has 0 saturated carbocycles. The molecule has 2 amide bonds. The molecular weight excluding hydrogens is 396 g/mol. The number of carbonyl (C=O) groups excluding carboxylic acids is 2. The first-order valence-corrected chi connectivity index (χ1v) is 10.8. The van der Waals surface area contributed by atoms with Crippen molar-refractivity contribution in [2.24, 2.45) is 0 Å². The van der Waals surface area contributed by atoms with Crippen LogP contribution in [0.25, 0.3) is 0 Å². The highest BCUT2D eigenvalue weighted by Crippen LogP contribution is 2.24. The zero-order valence-corrected chi connectivity index (χ0v) is 17.7. The predicted octanol–water partition coefficient (Wildman–Crippen LogP) is 2.31. The van der Waals surface area contributed by atoms with Crippen LogP contribution in [0.5, 0.6) is 5.75 Å². The number of nitrogens with one attached hydrogen (secondary N) is 2. The zero-order chi connectivity index (χ0) is 21.9. The van der Waals surface area contributed by atoms with Crippen LogP contribution in [-0.2, 0) is 11.2 Å². The number of rotatable bonds is 6. The predicted molar refractivity (Wildman–Crippen MR) is 118 cm³/mol. The van der Waals surface area contributed by atoms with Crippen molar-refractivity contribution in [3.8, 4) is 5.75 Å². The molecule has 0 aromatic heterocycles. The third kappa shape index (κ3) is 7.08. The van der Waals surface area contributed by atoms with Gasteiger partial charge in [0, 0.05) is 37.2 Å². The number of ether oxygens (including phenoxy) is 2. The van der Waals surface area contributed by atoms with E-state index in [1.807, 2.05) is 30.3 Å². The standard InChI is InChI=1S/C24H30N2O5/c27-11-3-1-2-9-25-24(29)20-7-8-22-21(17-20)16-18-5-4-6-19(15-18)23(28)26-10-12-30-13-14-31-22/h4-8,15,17,27H,1-3,9-14,16H2,(H,25,29)(H,26,28). The highest BCUT2D eigenvalue weighted by Gasteiger charge is 2.13. The van der Waals surface area contributed by atoms with E-state index >= 15 is 0 Å². The van der Waals surface area contributed by atoms with Crippen LogP contribution in [0.15, 0.2) is 42.5 Å². The van der Waals surface area contributed by atoms with E-state index in [-0.39, 0.29) is 18.4 Å². The number of hydrogen-bond acceptors (Lipinski definition) is 5. The largest absolute Gasteiger partial charge is 0.491 e. The summed E-state index contributed by atoms with van der Waals surface area (Å²) in [6.45, 7) is 2.40. The highest BCUT2D eigenvalue weighted by molar-refractivity contribution is 5.95. The van der Waals surface area contributed by atoms with Crippen LogP contribution in [-0.4, -0.2) is 56.4 Å². The lowest BCUT2D eigenvalue weighted by molar-refractivity contribution is 0.0865. The van der Waals surface area contributed by atoms with Gasteiger partial charge in [0.25, 0.3) is 11.8 Å². The first-order valence-electron chi connectivity index (χ1n) is 10.8. The molecule has 1 aliphatic heterocycles. The van der Waals surface area contributed by atoms with Crippen LogP contribution in [0.3, 0.4) is 0 Å². The summed E-state index contributed by atoms with van der Waals surface area (Å²) < 4.78 is 11.4. The van der Waals surface area contributed by atoms with Gasteiger partial charge in [-0.15, -0.1) is 0 Å². The monoisotopic (exact) mass is 426 g/mol. The second-order valence-electron chi connectivity index (χ2n) is 7.46. The minimum atomic E-state index is -0.136. The molecule has 0 saturated heterocycles. The first kappa shape index (κ1) is 22.8. The van der Waals surface area contributed by atoms with Crippen molar-refractivity contribution in [1.82, 2.24) is 10.6 Å². The molecule has 0 aliphatic carbocycles. The molecule has 2 aromatic rings. The van der Waals surface area contributed by atoms with Crippen LogP contribution in [0, 0.1) is 0 Å². The molecule has 3 N–H and O–H groups in total. The molecule has 166 valence electrons. The molecule has 0 atom stereocenters. The summed E-state index contributed by atoms with van der Waals surface area (Å²) in [6, 6.07) is 12.9. The van der Waals surface area contributed by atoms with Gasteiger partial charge < -0.3 is 25.2 Å². The molecule has 31 heavy (non-hydrogen) atoms. The SMILES string of the molecule is O=C(NCCCCCO)c1ccc2c(c1)Cc1cccc(c1)C(=O)NCCOCCO2. The Morgan fingerprint density at radius 2 is 1.97 bits per heavy atom. The Morgan fingerprint density at radius 1 is 1.06 bits per heavy atom. The van der Waals surface area contributed by atoms with E-state index in [1.165, 1.54) is 0 Å². The Morgan fingerprint density at radius 3 is 2.84 bits per heavy atom. The number of aliphatic hydroxyl groups is 1. The maximum absolute atomic E-state index is 12.6. The van der Waals surface area contributed by atoms with E-state index in [0.29, 0.717) is 56.2 Å². The van der Waals surface area contributed by atoms with Gasteiger partial charge in [-0.05, 0) is 60.7 Å².